The average molecular weight is 460 g/mol. The van der Waals surface area contributed by atoms with Gasteiger partial charge in [-0.3, -0.25) is 14.3 Å². The molecule has 0 aliphatic heterocycles. The third kappa shape index (κ3) is 3.87. The largest absolute Gasteiger partial charge is 0.342 e. The Bertz CT molecular complexity index is 1130. The summed E-state index contributed by atoms with van der Waals surface area (Å²) in [6.07, 6.45) is 0.987. The molecule has 1 amide bonds. The molecule has 1 atom stereocenters. The molecule has 1 aromatic heterocycles. The number of carbonyl (C=O) groups is 1. The first-order valence-electron chi connectivity index (χ1n) is 7.76. The van der Waals surface area contributed by atoms with Gasteiger partial charge in [-0.15, -0.1) is 11.3 Å². The number of carbonyl (C=O) groups excluding carboxylic acids is 1. The van der Waals surface area contributed by atoms with E-state index in [4.69, 9.17) is 23.2 Å². The lowest BCUT2D eigenvalue weighted by molar-refractivity contribution is -0.118. The number of fused-ring (bicyclic) bond motifs is 1. The smallest absolute Gasteiger partial charge is 0.324 e. The third-order valence-corrected chi connectivity index (χ3v) is 6.72. The van der Waals surface area contributed by atoms with E-state index < -0.39 is 25.0 Å². The number of anilines is 1. The highest BCUT2D eigenvalue weighted by molar-refractivity contribution is 7.53. The number of hydrogen-bond donors (Lipinski definition) is 2. The van der Waals surface area contributed by atoms with Gasteiger partial charge in [-0.25, -0.2) is 4.39 Å². The van der Waals surface area contributed by atoms with Crippen LogP contribution in [0.4, 0.5) is 10.1 Å². The standard InChI is InChI=1S/C18H13Cl2FNO4PS/c1-2-22(14-5-3-4-13(20)16(14)21)18(23)17(27(24,25)26)12-9-28-15-7-6-10(19)8-11(12)15/h2-9,17H,1H2,(H2,24,25,26). The highest BCUT2D eigenvalue weighted by Crippen LogP contribution is 2.55. The molecule has 10 heteroatoms. The molecule has 1 heterocycles. The molecule has 0 bridgehead atoms. The molecule has 146 valence electrons. The minimum absolute atomic E-state index is 0.107. The molecule has 2 N–H and O–H groups in total. The Morgan fingerprint density at radius 2 is 2.00 bits per heavy atom. The van der Waals surface area contributed by atoms with Crippen molar-refractivity contribution >= 4 is 63.8 Å². The van der Waals surface area contributed by atoms with E-state index in [1.54, 1.807) is 12.1 Å². The van der Waals surface area contributed by atoms with E-state index in [0.717, 1.165) is 11.1 Å². The van der Waals surface area contributed by atoms with E-state index in [9.17, 15) is 23.5 Å². The summed E-state index contributed by atoms with van der Waals surface area (Å²) in [7, 11) is -4.99. The van der Waals surface area contributed by atoms with Crippen molar-refractivity contribution in [1.29, 1.82) is 0 Å². The van der Waals surface area contributed by atoms with Gasteiger partial charge in [0.15, 0.2) is 11.5 Å². The van der Waals surface area contributed by atoms with Gasteiger partial charge in [0.25, 0.3) is 5.91 Å². The fourth-order valence-electron chi connectivity index (χ4n) is 2.81. The van der Waals surface area contributed by atoms with Crippen molar-refractivity contribution in [3.05, 3.63) is 76.0 Å². The Morgan fingerprint density at radius 1 is 1.29 bits per heavy atom. The Morgan fingerprint density at radius 3 is 2.64 bits per heavy atom. The molecule has 28 heavy (non-hydrogen) atoms. The highest BCUT2D eigenvalue weighted by Gasteiger charge is 2.41. The van der Waals surface area contributed by atoms with Crippen molar-refractivity contribution in [3.8, 4) is 0 Å². The van der Waals surface area contributed by atoms with E-state index in [0.29, 0.717) is 15.1 Å². The van der Waals surface area contributed by atoms with Crippen molar-refractivity contribution < 1.29 is 23.5 Å². The summed E-state index contributed by atoms with van der Waals surface area (Å²) in [6.45, 7) is 3.48. The first-order chi connectivity index (χ1) is 13.1. The number of rotatable bonds is 5. The lowest BCUT2D eigenvalue weighted by Gasteiger charge is -2.25. The number of hydrogen-bond acceptors (Lipinski definition) is 3. The van der Waals surface area contributed by atoms with Gasteiger partial charge >= 0.3 is 7.60 Å². The second kappa shape index (κ2) is 7.95. The van der Waals surface area contributed by atoms with Gasteiger partial charge < -0.3 is 9.79 Å². The first-order valence-corrected chi connectivity index (χ1v) is 11.1. The highest BCUT2D eigenvalue weighted by atomic mass is 35.5. The topological polar surface area (TPSA) is 77.8 Å². The van der Waals surface area contributed by atoms with Gasteiger partial charge in [-0.1, -0.05) is 35.8 Å². The molecule has 0 saturated heterocycles. The van der Waals surface area contributed by atoms with Gasteiger partial charge in [-0.2, -0.15) is 0 Å². The van der Waals surface area contributed by atoms with E-state index in [1.807, 2.05) is 0 Å². The van der Waals surface area contributed by atoms with Gasteiger partial charge in [-0.05, 0) is 46.7 Å². The maximum Gasteiger partial charge on any atom is 0.342 e. The second-order valence-corrected chi connectivity index (χ2v) is 9.24. The first kappa shape index (κ1) is 21.0. The van der Waals surface area contributed by atoms with E-state index >= 15 is 0 Å². The number of amides is 1. The molecule has 3 aromatic rings. The molecule has 0 aliphatic carbocycles. The minimum Gasteiger partial charge on any atom is -0.324 e. The molecular weight excluding hydrogens is 447 g/mol. The maximum absolute atomic E-state index is 14.4. The summed E-state index contributed by atoms with van der Waals surface area (Å²) < 4.78 is 27.4. The van der Waals surface area contributed by atoms with Gasteiger partial charge in [0.05, 0.1) is 10.7 Å². The van der Waals surface area contributed by atoms with Crippen LogP contribution in [0.5, 0.6) is 0 Å². The lowest BCUT2D eigenvalue weighted by Crippen LogP contribution is -2.31. The molecule has 5 nitrogen and oxygen atoms in total. The zero-order chi connectivity index (χ0) is 20.6. The van der Waals surface area contributed by atoms with E-state index in [1.165, 1.54) is 41.0 Å². The van der Waals surface area contributed by atoms with E-state index in [2.05, 4.69) is 6.58 Å². The van der Waals surface area contributed by atoms with Crippen LogP contribution in [0.1, 0.15) is 11.2 Å². The lowest BCUT2D eigenvalue weighted by atomic mass is 10.1. The average Bonchev–Trinajstić information content (AvgIpc) is 3.01. The number of benzene rings is 2. The van der Waals surface area contributed by atoms with Crippen LogP contribution in [0.3, 0.4) is 0 Å². The van der Waals surface area contributed by atoms with Crippen LogP contribution in [0.25, 0.3) is 10.1 Å². The van der Waals surface area contributed by atoms with Crippen molar-refractivity contribution in [2.24, 2.45) is 0 Å². The van der Waals surface area contributed by atoms with Crippen LogP contribution >= 0.6 is 42.1 Å². The number of halogens is 3. The monoisotopic (exact) mass is 459 g/mol. The SMILES string of the molecule is C=CN(C(=O)C(c1csc2ccc(Cl)cc12)P(=O)(O)O)c1cccc(Cl)c1F. The molecule has 0 spiro atoms. The summed E-state index contributed by atoms with van der Waals surface area (Å²) >= 11 is 13.0. The van der Waals surface area contributed by atoms with Crippen LogP contribution in [0, 0.1) is 5.82 Å². The van der Waals surface area contributed by atoms with Crippen molar-refractivity contribution in [1.82, 2.24) is 0 Å². The summed E-state index contributed by atoms with van der Waals surface area (Å²) in [5.41, 5.74) is -2.02. The predicted molar refractivity (Wildman–Crippen MR) is 111 cm³/mol. The summed E-state index contributed by atoms with van der Waals surface area (Å²) in [5, 5.41) is 2.04. The Hall–Kier alpha value is -1.73. The van der Waals surface area contributed by atoms with Crippen LogP contribution < -0.4 is 4.90 Å². The molecule has 0 aliphatic rings. The minimum atomic E-state index is -4.99. The zero-order valence-corrected chi connectivity index (χ0v) is 17.3. The van der Waals surface area contributed by atoms with Crippen LogP contribution in [-0.4, -0.2) is 15.7 Å². The molecule has 3 rings (SSSR count). The van der Waals surface area contributed by atoms with Crippen molar-refractivity contribution in [2.45, 2.75) is 5.66 Å². The van der Waals surface area contributed by atoms with Gasteiger partial charge in [0, 0.05) is 15.9 Å². The normalized spacial score (nSPS) is 12.8. The predicted octanol–water partition coefficient (Wildman–Crippen LogP) is 5.74. The summed E-state index contributed by atoms with van der Waals surface area (Å²) in [5.74, 6) is -1.94. The second-order valence-electron chi connectivity index (χ2n) is 5.79. The third-order valence-electron chi connectivity index (χ3n) is 4.04. The van der Waals surface area contributed by atoms with Gasteiger partial charge in [0.2, 0.25) is 0 Å². The zero-order valence-electron chi connectivity index (χ0n) is 14.1. The van der Waals surface area contributed by atoms with Gasteiger partial charge in [0.1, 0.15) is 0 Å². The maximum atomic E-state index is 14.4. The van der Waals surface area contributed by atoms with Crippen LogP contribution in [0.15, 0.2) is 54.6 Å². The summed E-state index contributed by atoms with van der Waals surface area (Å²) in [6, 6.07) is 8.82. The Balaban J connectivity index is 2.17. The molecule has 0 saturated carbocycles. The van der Waals surface area contributed by atoms with Crippen LogP contribution in [-0.2, 0) is 9.36 Å². The number of thiophene rings is 1. The van der Waals surface area contributed by atoms with E-state index in [-0.39, 0.29) is 16.3 Å². The number of nitrogens with zero attached hydrogens (tertiary/aromatic N) is 1. The molecule has 0 fully saturated rings. The quantitative estimate of drug-likeness (QED) is 0.476. The summed E-state index contributed by atoms with van der Waals surface area (Å²) in [4.78, 5) is 33.8. The fourth-order valence-corrected chi connectivity index (χ4v) is 5.21. The van der Waals surface area contributed by atoms with Crippen LogP contribution in [0.2, 0.25) is 10.0 Å². The van der Waals surface area contributed by atoms with Crippen molar-refractivity contribution in [3.63, 3.8) is 0 Å². The molecule has 0 radical (unpaired) electrons. The molecular formula is C18H13Cl2FNO4PS. The Kier molecular flexibility index (Phi) is 5.96. The molecule has 1 unspecified atom stereocenters. The van der Waals surface area contributed by atoms with Crippen molar-refractivity contribution in [2.75, 3.05) is 4.90 Å². The fraction of sp³-hybridized carbons (Fsp3) is 0.0556. The Labute approximate surface area is 173 Å². The molecule has 2 aromatic carbocycles.